The monoisotopic (exact) mass is 467 g/mol. The maximum atomic E-state index is 13.3. The van der Waals surface area contributed by atoms with Crippen LogP contribution in [0.5, 0.6) is 0 Å². The Morgan fingerprint density at radius 2 is 1.37 bits per heavy atom. The summed E-state index contributed by atoms with van der Waals surface area (Å²) in [4.78, 5) is 0. The van der Waals surface area contributed by atoms with Gasteiger partial charge in [0.15, 0.2) is 0 Å². The molecule has 0 aliphatic heterocycles. The standard InChI is InChI=1S/C8H7F10NO6S2/c1-2-3-24-5(10,11)4(9)25-6(12,13)7(14,15)26(20,21)19-27(22,23)8(16,17)18/h2,4,19H,1,3H2. The van der Waals surface area contributed by atoms with Crippen LogP contribution in [0.3, 0.4) is 0 Å². The van der Waals surface area contributed by atoms with Crippen molar-refractivity contribution in [3.05, 3.63) is 12.7 Å². The predicted octanol–water partition coefficient (Wildman–Crippen LogP) is 2.05. The van der Waals surface area contributed by atoms with Crippen molar-refractivity contribution in [2.45, 2.75) is 29.3 Å². The second-order valence-electron chi connectivity index (χ2n) is 4.16. The van der Waals surface area contributed by atoms with E-state index in [0.29, 0.717) is 6.08 Å². The van der Waals surface area contributed by atoms with Crippen LogP contribution in [-0.4, -0.2) is 52.8 Å². The molecule has 0 aromatic rings. The zero-order valence-electron chi connectivity index (χ0n) is 12.1. The summed E-state index contributed by atoms with van der Waals surface area (Å²) >= 11 is 0. The Balaban J connectivity index is 5.74. The highest BCUT2D eigenvalue weighted by Crippen LogP contribution is 2.43. The van der Waals surface area contributed by atoms with Gasteiger partial charge in [-0.1, -0.05) is 10.2 Å². The molecule has 0 spiro atoms. The Morgan fingerprint density at radius 1 is 0.926 bits per heavy atom. The van der Waals surface area contributed by atoms with Gasteiger partial charge in [-0.25, -0.2) is 21.2 Å². The lowest BCUT2D eigenvalue weighted by Gasteiger charge is -2.29. The van der Waals surface area contributed by atoms with Gasteiger partial charge in [-0.15, -0.1) is 6.58 Å². The summed E-state index contributed by atoms with van der Waals surface area (Å²) in [7, 11) is -14.7. The quantitative estimate of drug-likeness (QED) is 0.390. The van der Waals surface area contributed by atoms with Crippen LogP contribution in [0.25, 0.3) is 0 Å². The highest BCUT2D eigenvalue weighted by atomic mass is 32.3. The van der Waals surface area contributed by atoms with Crippen LogP contribution in [0.4, 0.5) is 43.9 Å². The SMILES string of the molecule is C=CCOC(F)(F)C(F)OC(F)(F)C(F)(F)S(=O)(=O)NS(=O)(=O)C(F)(F)F. The minimum Gasteiger partial charge on any atom is -0.312 e. The molecule has 19 heteroatoms. The molecule has 0 aliphatic rings. The van der Waals surface area contributed by atoms with Gasteiger partial charge < -0.3 is 4.74 Å². The highest BCUT2D eigenvalue weighted by Gasteiger charge is 2.71. The normalized spacial score (nSPS) is 16.2. The van der Waals surface area contributed by atoms with Crippen molar-refractivity contribution in [3.8, 4) is 0 Å². The van der Waals surface area contributed by atoms with Gasteiger partial charge in [0.1, 0.15) is 0 Å². The molecular weight excluding hydrogens is 460 g/mol. The average Bonchev–Trinajstić information content (AvgIpc) is 2.41. The lowest BCUT2D eigenvalue weighted by Crippen LogP contribution is -2.57. The molecule has 1 N–H and O–H groups in total. The Bertz CT molecular complexity index is 746. The van der Waals surface area contributed by atoms with Gasteiger partial charge in [0, 0.05) is 0 Å². The Morgan fingerprint density at radius 3 is 1.74 bits per heavy atom. The number of nitrogens with one attached hydrogen (secondary N) is 1. The third kappa shape index (κ3) is 5.65. The molecule has 27 heavy (non-hydrogen) atoms. The number of sulfonamides is 2. The van der Waals surface area contributed by atoms with Crippen molar-refractivity contribution in [1.29, 1.82) is 0 Å². The Hall–Kier alpha value is -1.18. The van der Waals surface area contributed by atoms with Crippen LogP contribution < -0.4 is 4.13 Å². The van der Waals surface area contributed by atoms with E-state index in [4.69, 9.17) is 0 Å². The molecule has 0 amide bonds. The van der Waals surface area contributed by atoms with E-state index in [9.17, 15) is 60.7 Å². The maximum Gasteiger partial charge on any atom is 0.512 e. The molecule has 0 aromatic heterocycles. The van der Waals surface area contributed by atoms with Crippen LogP contribution in [0.2, 0.25) is 0 Å². The van der Waals surface area contributed by atoms with Crippen molar-refractivity contribution in [3.63, 3.8) is 0 Å². The van der Waals surface area contributed by atoms with Crippen LogP contribution in [-0.2, 0) is 29.5 Å². The topological polar surface area (TPSA) is 98.8 Å². The molecule has 0 saturated heterocycles. The molecule has 1 unspecified atom stereocenters. The van der Waals surface area contributed by atoms with Gasteiger partial charge in [0.05, 0.1) is 6.61 Å². The number of hydrogen-bond acceptors (Lipinski definition) is 6. The van der Waals surface area contributed by atoms with E-state index in [2.05, 4.69) is 16.1 Å². The van der Waals surface area contributed by atoms with E-state index in [-0.39, 0.29) is 0 Å². The molecule has 0 bridgehead atoms. The van der Waals surface area contributed by atoms with Crippen LogP contribution in [0.1, 0.15) is 0 Å². The molecule has 7 nitrogen and oxygen atoms in total. The predicted molar refractivity (Wildman–Crippen MR) is 64.0 cm³/mol. The summed E-state index contributed by atoms with van der Waals surface area (Å²) in [5.74, 6) is 0. The van der Waals surface area contributed by atoms with Gasteiger partial charge in [0.25, 0.3) is 16.4 Å². The summed E-state index contributed by atoms with van der Waals surface area (Å²) < 4.78 is 175. The third-order valence-corrected chi connectivity index (χ3v) is 5.39. The zero-order chi connectivity index (χ0) is 22.1. The van der Waals surface area contributed by atoms with Crippen LogP contribution in [0.15, 0.2) is 12.7 Å². The number of hydrogen-bond donors (Lipinski definition) is 1. The molecular formula is C8H7F10NO6S2. The minimum absolute atomic E-state index is 0.532. The molecule has 0 heterocycles. The Labute approximate surface area is 144 Å². The number of halogens is 10. The fraction of sp³-hybridized carbons (Fsp3) is 0.750. The first-order chi connectivity index (χ1) is 11.6. The summed E-state index contributed by atoms with van der Waals surface area (Å²) in [6.45, 7) is 1.58. The smallest absolute Gasteiger partial charge is 0.312 e. The van der Waals surface area contributed by atoms with E-state index >= 15 is 0 Å². The fourth-order valence-electron chi connectivity index (χ4n) is 0.903. The average molecular weight is 467 g/mol. The first kappa shape index (κ1) is 25.8. The van der Waals surface area contributed by atoms with Crippen molar-refractivity contribution in [2.24, 2.45) is 0 Å². The molecule has 162 valence electrons. The molecule has 0 rings (SSSR count). The van der Waals surface area contributed by atoms with E-state index in [1.165, 1.54) is 0 Å². The molecule has 0 radical (unpaired) electrons. The van der Waals surface area contributed by atoms with Crippen LogP contribution >= 0.6 is 0 Å². The van der Waals surface area contributed by atoms with Gasteiger partial charge in [-0.3, -0.25) is 4.74 Å². The number of ether oxygens (including phenoxy) is 2. The second-order valence-corrected chi connectivity index (χ2v) is 7.82. The molecule has 0 aromatic carbocycles. The van der Waals surface area contributed by atoms with E-state index in [1.807, 2.05) is 0 Å². The van der Waals surface area contributed by atoms with Crippen molar-refractivity contribution in [2.75, 3.05) is 6.61 Å². The van der Waals surface area contributed by atoms with Gasteiger partial charge in [-0.05, 0) is 0 Å². The fourth-order valence-corrected chi connectivity index (χ4v) is 3.22. The first-order valence-electron chi connectivity index (χ1n) is 5.69. The second kappa shape index (κ2) is 7.68. The van der Waals surface area contributed by atoms with E-state index in [1.54, 1.807) is 0 Å². The largest absolute Gasteiger partial charge is 0.512 e. The number of rotatable bonds is 10. The third-order valence-electron chi connectivity index (χ3n) is 2.11. The summed E-state index contributed by atoms with van der Waals surface area (Å²) in [6, 6.07) is 0. The van der Waals surface area contributed by atoms with E-state index < -0.39 is 60.1 Å². The summed E-state index contributed by atoms with van der Waals surface area (Å²) in [5.41, 5.74) is -6.54. The zero-order valence-corrected chi connectivity index (χ0v) is 13.7. The summed E-state index contributed by atoms with van der Waals surface area (Å²) in [6.07, 6.45) is -16.4. The minimum atomic E-state index is -7.50. The lowest BCUT2D eigenvalue weighted by atomic mass is 10.5. The first-order valence-corrected chi connectivity index (χ1v) is 8.66. The van der Waals surface area contributed by atoms with Crippen molar-refractivity contribution < 1.29 is 70.2 Å². The van der Waals surface area contributed by atoms with Crippen molar-refractivity contribution >= 4 is 20.0 Å². The van der Waals surface area contributed by atoms with Crippen molar-refractivity contribution in [1.82, 2.24) is 4.13 Å². The molecule has 0 aliphatic carbocycles. The highest BCUT2D eigenvalue weighted by molar-refractivity contribution is 8.05. The molecule has 1 atom stereocenters. The van der Waals surface area contributed by atoms with Gasteiger partial charge in [0.2, 0.25) is 0 Å². The molecule has 0 fully saturated rings. The number of alkyl halides is 10. The maximum absolute atomic E-state index is 13.3. The Kier molecular flexibility index (Phi) is 7.34. The van der Waals surface area contributed by atoms with E-state index in [0.717, 1.165) is 0 Å². The molecule has 0 saturated carbocycles. The summed E-state index contributed by atoms with van der Waals surface area (Å²) in [5, 5.41) is -6.96. The lowest BCUT2D eigenvalue weighted by molar-refractivity contribution is -0.413. The van der Waals surface area contributed by atoms with Gasteiger partial charge >= 0.3 is 33.0 Å². The van der Waals surface area contributed by atoms with Gasteiger partial charge in [-0.2, -0.15) is 39.5 Å². The van der Waals surface area contributed by atoms with Crippen LogP contribution in [0, 0.1) is 0 Å².